The van der Waals surface area contributed by atoms with E-state index >= 15 is 0 Å². The molecule has 0 atom stereocenters. The summed E-state index contributed by atoms with van der Waals surface area (Å²) < 4.78 is 4.99. The molecule has 1 aromatic heterocycles. The van der Waals surface area contributed by atoms with Crippen molar-refractivity contribution < 1.29 is 19.7 Å². The fourth-order valence-corrected chi connectivity index (χ4v) is 1.51. The predicted molar refractivity (Wildman–Crippen MR) is 65.4 cm³/mol. The van der Waals surface area contributed by atoms with Crippen LogP contribution in [0, 0.1) is 0 Å². The van der Waals surface area contributed by atoms with Gasteiger partial charge in [-0.15, -0.1) is 0 Å². The third-order valence-electron chi connectivity index (χ3n) is 2.49. The molecule has 100 valence electrons. The first-order valence-electron chi connectivity index (χ1n) is 5.67. The van der Waals surface area contributed by atoms with E-state index in [1.807, 2.05) is 4.90 Å². The van der Waals surface area contributed by atoms with E-state index < -0.39 is 5.97 Å². The number of ether oxygens (including phenoxy) is 1. The number of carboxylic acids is 1. The number of aliphatic hydroxyl groups is 1. The molecule has 6 nitrogen and oxygen atoms in total. The highest BCUT2D eigenvalue weighted by Gasteiger charge is 2.07. The van der Waals surface area contributed by atoms with Gasteiger partial charge in [0, 0.05) is 32.9 Å². The summed E-state index contributed by atoms with van der Waals surface area (Å²) in [5.74, 6) is -0.986. The molecule has 0 amide bonds. The Morgan fingerprint density at radius 3 is 2.72 bits per heavy atom. The van der Waals surface area contributed by atoms with Crippen molar-refractivity contribution in [2.75, 3.05) is 33.4 Å². The number of aromatic carboxylic acids is 1. The van der Waals surface area contributed by atoms with E-state index in [2.05, 4.69) is 4.98 Å². The largest absolute Gasteiger partial charge is 0.478 e. The van der Waals surface area contributed by atoms with E-state index in [4.69, 9.17) is 14.9 Å². The Kier molecular flexibility index (Phi) is 6.27. The maximum atomic E-state index is 10.7. The molecule has 0 aromatic carbocycles. The van der Waals surface area contributed by atoms with Gasteiger partial charge in [-0.3, -0.25) is 9.88 Å². The molecule has 1 heterocycles. The molecular weight excluding hydrogens is 236 g/mol. The second kappa shape index (κ2) is 7.75. The van der Waals surface area contributed by atoms with Gasteiger partial charge >= 0.3 is 5.97 Å². The Morgan fingerprint density at radius 1 is 1.44 bits per heavy atom. The molecule has 0 spiro atoms. The third-order valence-corrected chi connectivity index (χ3v) is 2.49. The number of aromatic nitrogens is 1. The molecule has 0 saturated carbocycles. The average Bonchev–Trinajstić information content (AvgIpc) is 2.37. The van der Waals surface area contributed by atoms with Gasteiger partial charge in [0.2, 0.25) is 0 Å². The highest BCUT2D eigenvalue weighted by molar-refractivity contribution is 5.87. The highest BCUT2D eigenvalue weighted by atomic mass is 16.5. The van der Waals surface area contributed by atoms with E-state index in [0.717, 1.165) is 5.69 Å². The second-order valence-corrected chi connectivity index (χ2v) is 3.84. The first-order chi connectivity index (χ1) is 8.67. The average molecular weight is 254 g/mol. The van der Waals surface area contributed by atoms with Crippen LogP contribution in [0.15, 0.2) is 18.3 Å². The molecule has 0 unspecified atom stereocenters. The zero-order valence-electron chi connectivity index (χ0n) is 10.4. The maximum absolute atomic E-state index is 10.7. The Hall–Kier alpha value is -1.50. The summed E-state index contributed by atoms with van der Waals surface area (Å²) in [6.45, 7) is 2.43. The zero-order chi connectivity index (χ0) is 13.4. The number of pyridine rings is 1. The third kappa shape index (κ3) is 4.79. The van der Waals surface area contributed by atoms with Gasteiger partial charge in [-0.25, -0.2) is 4.79 Å². The Bertz CT molecular complexity index is 367. The van der Waals surface area contributed by atoms with Crippen LogP contribution in [-0.4, -0.2) is 59.5 Å². The van der Waals surface area contributed by atoms with Gasteiger partial charge in [-0.1, -0.05) is 0 Å². The lowest BCUT2D eigenvalue weighted by Gasteiger charge is -2.20. The van der Waals surface area contributed by atoms with Gasteiger partial charge in [0.25, 0.3) is 0 Å². The monoisotopic (exact) mass is 254 g/mol. The molecular formula is C12H18N2O4. The lowest BCUT2D eigenvalue weighted by molar-refractivity contribution is 0.0696. The first kappa shape index (κ1) is 14.6. The normalized spacial score (nSPS) is 10.8. The van der Waals surface area contributed by atoms with Gasteiger partial charge in [0.1, 0.15) is 0 Å². The van der Waals surface area contributed by atoms with Crippen LogP contribution in [0.5, 0.6) is 0 Å². The Morgan fingerprint density at radius 2 is 2.22 bits per heavy atom. The summed E-state index contributed by atoms with van der Waals surface area (Å²) in [5, 5.41) is 17.7. The summed E-state index contributed by atoms with van der Waals surface area (Å²) in [5.41, 5.74) is 0.939. The van der Waals surface area contributed by atoms with Crippen LogP contribution in [0.3, 0.4) is 0 Å². The SMILES string of the molecule is COCCN(CCO)Cc1ccc(C(=O)O)cn1. The molecule has 0 aliphatic heterocycles. The van der Waals surface area contributed by atoms with E-state index in [-0.39, 0.29) is 12.2 Å². The van der Waals surface area contributed by atoms with Crippen LogP contribution in [-0.2, 0) is 11.3 Å². The summed E-state index contributed by atoms with van der Waals surface area (Å²) in [7, 11) is 1.62. The topological polar surface area (TPSA) is 82.9 Å². The van der Waals surface area contributed by atoms with E-state index in [1.54, 1.807) is 13.2 Å². The number of carboxylic acid groups (broad SMARTS) is 1. The molecule has 0 aliphatic rings. The summed E-state index contributed by atoms with van der Waals surface area (Å²) >= 11 is 0. The fraction of sp³-hybridized carbons (Fsp3) is 0.500. The molecule has 0 bridgehead atoms. The Balaban J connectivity index is 2.59. The van der Waals surface area contributed by atoms with Gasteiger partial charge in [-0.05, 0) is 12.1 Å². The molecule has 6 heteroatoms. The van der Waals surface area contributed by atoms with Crippen LogP contribution in [0.25, 0.3) is 0 Å². The number of rotatable bonds is 8. The smallest absolute Gasteiger partial charge is 0.337 e. The minimum atomic E-state index is -0.986. The van der Waals surface area contributed by atoms with Crippen molar-refractivity contribution in [2.24, 2.45) is 0 Å². The van der Waals surface area contributed by atoms with Crippen LogP contribution < -0.4 is 0 Å². The number of aliphatic hydroxyl groups excluding tert-OH is 1. The molecule has 2 N–H and O–H groups in total. The number of hydrogen-bond acceptors (Lipinski definition) is 5. The zero-order valence-corrected chi connectivity index (χ0v) is 10.4. The minimum absolute atomic E-state index is 0.0664. The number of methoxy groups -OCH3 is 1. The molecule has 1 aromatic rings. The van der Waals surface area contributed by atoms with Crippen molar-refractivity contribution in [1.29, 1.82) is 0 Å². The summed E-state index contributed by atoms with van der Waals surface area (Å²) in [4.78, 5) is 16.8. The molecule has 18 heavy (non-hydrogen) atoms. The lowest BCUT2D eigenvalue weighted by atomic mass is 10.2. The summed E-state index contributed by atoms with van der Waals surface area (Å²) in [6.07, 6.45) is 1.34. The van der Waals surface area contributed by atoms with Gasteiger partial charge in [-0.2, -0.15) is 0 Å². The molecule has 0 saturated heterocycles. The molecule has 0 aliphatic carbocycles. The Labute approximate surface area is 106 Å². The molecule has 1 rings (SSSR count). The molecule has 0 radical (unpaired) electrons. The van der Waals surface area contributed by atoms with Crippen LogP contribution in [0.4, 0.5) is 0 Å². The van der Waals surface area contributed by atoms with Gasteiger partial charge in [0.05, 0.1) is 24.5 Å². The van der Waals surface area contributed by atoms with E-state index in [9.17, 15) is 4.79 Å². The van der Waals surface area contributed by atoms with Crippen molar-refractivity contribution >= 4 is 5.97 Å². The lowest BCUT2D eigenvalue weighted by Crippen LogP contribution is -2.30. The first-order valence-corrected chi connectivity index (χ1v) is 5.67. The second-order valence-electron chi connectivity index (χ2n) is 3.84. The standard InChI is InChI=1S/C12H18N2O4/c1-18-7-5-14(4-6-15)9-11-3-2-10(8-13-11)12(16)17/h2-3,8,15H,4-7,9H2,1H3,(H,16,17). The number of carbonyl (C=O) groups is 1. The molecule has 0 fully saturated rings. The quantitative estimate of drug-likeness (QED) is 0.690. The van der Waals surface area contributed by atoms with Crippen LogP contribution in [0.1, 0.15) is 16.1 Å². The van der Waals surface area contributed by atoms with Crippen LogP contribution >= 0.6 is 0 Å². The van der Waals surface area contributed by atoms with Crippen molar-refractivity contribution in [2.45, 2.75) is 6.54 Å². The van der Waals surface area contributed by atoms with Crippen molar-refractivity contribution in [3.05, 3.63) is 29.6 Å². The van der Waals surface area contributed by atoms with E-state index in [0.29, 0.717) is 26.2 Å². The van der Waals surface area contributed by atoms with Crippen molar-refractivity contribution in [3.63, 3.8) is 0 Å². The van der Waals surface area contributed by atoms with Crippen molar-refractivity contribution in [1.82, 2.24) is 9.88 Å². The minimum Gasteiger partial charge on any atom is -0.478 e. The van der Waals surface area contributed by atoms with E-state index in [1.165, 1.54) is 12.3 Å². The predicted octanol–water partition coefficient (Wildman–Crippen LogP) is 0.221. The summed E-state index contributed by atoms with van der Waals surface area (Å²) in [6, 6.07) is 3.21. The number of hydrogen-bond donors (Lipinski definition) is 2. The van der Waals surface area contributed by atoms with Crippen molar-refractivity contribution in [3.8, 4) is 0 Å². The number of nitrogens with zero attached hydrogens (tertiary/aromatic N) is 2. The highest BCUT2D eigenvalue weighted by Crippen LogP contribution is 2.04. The van der Waals surface area contributed by atoms with Crippen LogP contribution in [0.2, 0.25) is 0 Å². The van der Waals surface area contributed by atoms with Gasteiger partial charge < -0.3 is 14.9 Å². The van der Waals surface area contributed by atoms with Gasteiger partial charge in [0.15, 0.2) is 0 Å². The fourth-order valence-electron chi connectivity index (χ4n) is 1.51. The maximum Gasteiger partial charge on any atom is 0.337 e.